The van der Waals surface area contributed by atoms with Gasteiger partial charge in [0.1, 0.15) is 13.2 Å². The van der Waals surface area contributed by atoms with Gasteiger partial charge in [-0.2, -0.15) is 0 Å². The first kappa shape index (κ1) is 78.8. The van der Waals surface area contributed by atoms with Gasteiger partial charge in [0, 0.05) is 12.8 Å². The second kappa shape index (κ2) is 63.8. The summed E-state index contributed by atoms with van der Waals surface area (Å²) in [5.74, 6) is -1.98. The van der Waals surface area contributed by atoms with Gasteiger partial charge in [-0.15, -0.1) is 0 Å². The van der Waals surface area contributed by atoms with Crippen LogP contribution in [0.25, 0.3) is 0 Å². The Balaban J connectivity index is 4.02. The molecule has 0 saturated carbocycles. The van der Waals surface area contributed by atoms with Gasteiger partial charge in [-0.25, -0.2) is 4.79 Å². The van der Waals surface area contributed by atoms with Gasteiger partial charge in [0.2, 0.25) is 0 Å². The fraction of sp³-hybridized carbons (Fsp3) is 0.903. The fourth-order valence-electron chi connectivity index (χ4n) is 10.8. The molecule has 2 atom stereocenters. The number of carbonyl (C=O) groups is 3. The van der Waals surface area contributed by atoms with Crippen molar-refractivity contribution in [3.05, 3.63) is 24.3 Å². The van der Waals surface area contributed by atoms with E-state index in [0.29, 0.717) is 17.4 Å². The fourth-order valence-corrected chi connectivity index (χ4v) is 10.8. The highest BCUT2D eigenvalue weighted by Crippen LogP contribution is 2.19. The number of hydrogen-bond acceptors (Lipinski definition) is 7. The van der Waals surface area contributed by atoms with Crippen LogP contribution in [-0.4, -0.2) is 87.4 Å². The van der Waals surface area contributed by atoms with Crippen molar-refractivity contribution in [2.45, 2.75) is 373 Å². The molecule has 0 aromatic carbocycles. The SMILES string of the molecule is CCCCCCC/C=C\C/C=C\CCCCCCCCCCCCCC(=O)OC(COC(=O)CCCCCCCCCCCCCCCCCCCCCCCCCCCCCCCCCCC)COC(OCC[N+](C)(C)C)C(=O)O. The third-order valence-electron chi connectivity index (χ3n) is 16.2. The summed E-state index contributed by atoms with van der Waals surface area (Å²) in [4.78, 5) is 37.6. The van der Waals surface area contributed by atoms with Crippen LogP contribution in [-0.2, 0) is 33.3 Å². The molecule has 0 aromatic heterocycles. The van der Waals surface area contributed by atoms with Crippen molar-refractivity contribution in [2.75, 3.05) is 47.5 Å². The van der Waals surface area contributed by atoms with Crippen molar-refractivity contribution in [3.8, 4) is 0 Å². The molecule has 9 heteroatoms. The largest absolute Gasteiger partial charge is 0.477 e. The number of aliphatic carboxylic acids is 1. The minimum absolute atomic E-state index is 0.177. The number of quaternary nitrogens is 1. The van der Waals surface area contributed by atoms with E-state index in [-0.39, 0.29) is 38.2 Å². The second-order valence-electron chi connectivity index (χ2n) is 25.6. The van der Waals surface area contributed by atoms with Gasteiger partial charge in [0.25, 0.3) is 6.29 Å². The zero-order chi connectivity index (χ0) is 59.1. The number of carboxylic acids is 1. The Kier molecular flexibility index (Phi) is 62.0. The minimum atomic E-state index is -1.51. The first-order valence-corrected chi connectivity index (χ1v) is 35.5. The van der Waals surface area contributed by atoms with Gasteiger partial charge >= 0.3 is 17.9 Å². The van der Waals surface area contributed by atoms with E-state index in [2.05, 4.69) is 38.2 Å². The molecule has 0 spiro atoms. The van der Waals surface area contributed by atoms with E-state index in [4.69, 9.17) is 18.9 Å². The Morgan fingerprint density at radius 1 is 0.370 bits per heavy atom. The van der Waals surface area contributed by atoms with Crippen LogP contribution in [0, 0.1) is 0 Å². The molecule has 0 saturated heterocycles. The maximum atomic E-state index is 12.9. The van der Waals surface area contributed by atoms with E-state index in [1.165, 1.54) is 289 Å². The molecule has 0 radical (unpaired) electrons. The van der Waals surface area contributed by atoms with Crippen molar-refractivity contribution in [1.29, 1.82) is 0 Å². The summed E-state index contributed by atoms with van der Waals surface area (Å²) in [6.45, 7) is 4.94. The minimum Gasteiger partial charge on any atom is -0.477 e. The summed E-state index contributed by atoms with van der Waals surface area (Å²) in [6, 6.07) is 0. The Hall–Kier alpha value is -2.23. The van der Waals surface area contributed by atoms with Crippen LogP contribution in [0.5, 0.6) is 0 Å². The van der Waals surface area contributed by atoms with E-state index in [1.807, 2.05) is 21.1 Å². The predicted octanol–water partition coefficient (Wildman–Crippen LogP) is 21.8. The van der Waals surface area contributed by atoms with E-state index in [9.17, 15) is 19.5 Å². The number of esters is 2. The Labute approximate surface area is 503 Å². The molecule has 0 aromatic rings. The lowest BCUT2D eigenvalue weighted by Gasteiger charge is -2.25. The standard InChI is InChI=1S/C72H137NO8/c1-6-8-10-12-14-16-18-20-22-24-26-28-30-31-32-33-34-35-36-37-38-39-41-42-44-46-48-50-52-54-56-58-60-62-69(74)79-66-68(67-80-72(71(76)77)78-65-64-73(3,4)5)81-70(75)63-61-59-57-55-53-51-49-47-45-43-40-29-27-25-23-21-19-17-15-13-11-9-7-2/h19,21,25,27,68,72H,6-18,20,22-24,26,28-67H2,1-5H3/p+1/b21-19-,27-25-. The normalized spacial score (nSPS) is 12.8. The van der Waals surface area contributed by atoms with E-state index in [1.54, 1.807) is 0 Å². The average molecular weight is 1150 g/mol. The number of nitrogens with zero attached hydrogens (tertiary/aromatic N) is 1. The van der Waals surface area contributed by atoms with Gasteiger partial charge in [0.05, 0.1) is 34.4 Å². The van der Waals surface area contributed by atoms with Crippen LogP contribution in [0.4, 0.5) is 0 Å². The number of allylic oxidation sites excluding steroid dienone is 4. The van der Waals surface area contributed by atoms with Crippen LogP contribution in [0.2, 0.25) is 0 Å². The van der Waals surface area contributed by atoms with Crippen LogP contribution in [0.3, 0.4) is 0 Å². The van der Waals surface area contributed by atoms with Gasteiger partial charge in [0.15, 0.2) is 6.10 Å². The molecule has 0 amide bonds. The molecule has 2 unspecified atom stereocenters. The maximum Gasteiger partial charge on any atom is 0.361 e. The summed E-state index contributed by atoms with van der Waals surface area (Å²) in [5.41, 5.74) is 0. The lowest BCUT2D eigenvalue weighted by atomic mass is 10.0. The van der Waals surface area contributed by atoms with Gasteiger partial charge in [-0.1, -0.05) is 327 Å². The third-order valence-corrected chi connectivity index (χ3v) is 16.2. The summed E-state index contributed by atoms with van der Waals surface area (Å²) < 4.78 is 23.0. The number of rotatable bonds is 67. The molecule has 0 heterocycles. The number of carbonyl (C=O) groups excluding carboxylic acids is 2. The smallest absolute Gasteiger partial charge is 0.361 e. The van der Waals surface area contributed by atoms with E-state index in [0.717, 1.165) is 44.9 Å². The predicted molar refractivity (Wildman–Crippen MR) is 346 cm³/mol. The van der Waals surface area contributed by atoms with Crippen LogP contribution in [0.15, 0.2) is 24.3 Å². The molecule has 478 valence electrons. The zero-order valence-electron chi connectivity index (χ0n) is 54.7. The van der Waals surface area contributed by atoms with Crippen LogP contribution >= 0.6 is 0 Å². The average Bonchev–Trinajstić information content (AvgIpc) is 3.44. The molecule has 0 rings (SSSR count). The Morgan fingerprint density at radius 3 is 0.975 bits per heavy atom. The van der Waals surface area contributed by atoms with Crippen molar-refractivity contribution in [1.82, 2.24) is 0 Å². The second-order valence-corrected chi connectivity index (χ2v) is 25.6. The summed E-state index contributed by atoms with van der Waals surface area (Å²) >= 11 is 0. The third kappa shape index (κ3) is 65.2. The molecule has 0 fully saturated rings. The number of ether oxygens (including phenoxy) is 4. The molecular weight excluding hydrogens is 1010 g/mol. The first-order chi connectivity index (χ1) is 39.6. The molecule has 1 N–H and O–H groups in total. The lowest BCUT2D eigenvalue weighted by molar-refractivity contribution is -0.870. The molecule has 9 nitrogen and oxygen atoms in total. The highest BCUT2D eigenvalue weighted by molar-refractivity contribution is 5.71. The summed E-state index contributed by atoms with van der Waals surface area (Å²) in [7, 11) is 5.99. The van der Waals surface area contributed by atoms with Crippen molar-refractivity contribution in [2.24, 2.45) is 0 Å². The van der Waals surface area contributed by atoms with Gasteiger partial charge < -0.3 is 28.5 Å². The highest BCUT2D eigenvalue weighted by atomic mass is 16.7. The Bertz CT molecular complexity index is 1380. The zero-order valence-corrected chi connectivity index (χ0v) is 54.7. The summed E-state index contributed by atoms with van der Waals surface area (Å²) in [6.07, 6.45) is 75.9. The number of carboxylic acid groups (broad SMARTS) is 1. The molecule has 0 aliphatic carbocycles. The molecule has 0 aliphatic heterocycles. The quantitative estimate of drug-likeness (QED) is 0.0211. The maximum absolute atomic E-state index is 12.9. The van der Waals surface area contributed by atoms with Gasteiger partial charge in [-0.3, -0.25) is 9.59 Å². The topological polar surface area (TPSA) is 108 Å². The first-order valence-electron chi connectivity index (χ1n) is 35.5. The van der Waals surface area contributed by atoms with Crippen molar-refractivity contribution < 1.29 is 42.9 Å². The van der Waals surface area contributed by atoms with Crippen LogP contribution in [0.1, 0.15) is 361 Å². The Morgan fingerprint density at radius 2 is 0.667 bits per heavy atom. The van der Waals surface area contributed by atoms with Crippen LogP contribution < -0.4 is 0 Å². The molecule has 0 bridgehead atoms. The van der Waals surface area contributed by atoms with Gasteiger partial charge in [-0.05, 0) is 44.9 Å². The molecular formula is C72H138NO8+. The number of likely N-dealkylation sites (N-methyl/N-ethyl adjacent to an activating group) is 1. The van der Waals surface area contributed by atoms with E-state index >= 15 is 0 Å². The molecule has 81 heavy (non-hydrogen) atoms. The van der Waals surface area contributed by atoms with Crippen molar-refractivity contribution in [3.63, 3.8) is 0 Å². The molecule has 0 aliphatic rings. The number of unbranched alkanes of at least 4 members (excludes halogenated alkanes) is 48. The number of hydrogen-bond donors (Lipinski definition) is 1. The monoisotopic (exact) mass is 1150 g/mol. The van der Waals surface area contributed by atoms with E-state index < -0.39 is 18.4 Å². The lowest BCUT2D eigenvalue weighted by Crippen LogP contribution is -2.40. The highest BCUT2D eigenvalue weighted by Gasteiger charge is 2.25. The van der Waals surface area contributed by atoms with Crippen molar-refractivity contribution >= 4 is 17.9 Å². The summed E-state index contributed by atoms with van der Waals surface area (Å²) in [5, 5.41) is 9.74.